The molecule has 4 heterocycles. The van der Waals surface area contributed by atoms with Crippen molar-refractivity contribution < 1.29 is 25.8 Å². The SMILES string of the molecule is Cc1cc(-n2c3[c-]c(Oc4[c-]c(N5[CH-]N(c6cc(-c7ccccc7)cc(C(C)(C)C)c6)c6ccccc65)ccc4)ccc3c3ccccc32)ncc1-c1cccc(-n2c3ccccc3c3ccccc32)c1.[Pt]. The molecule has 0 saturated heterocycles. The maximum absolute atomic E-state index is 6.69. The smallest absolute Gasteiger partial charge is 0.135 e. The van der Waals surface area contributed by atoms with Crippen molar-refractivity contribution in [2.24, 2.45) is 0 Å². The molecule has 72 heavy (non-hydrogen) atoms. The number of nitrogens with zero attached hydrogens (tertiary/aromatic N) is 5. The normalized spacial score (nSPS) is 12.5. The van der Waals surface area contributed by atoms with Gasteiger partial charge in [-0.2, -0.15) is 12.1 Å². The second-order valence-corrected chi connectivity index (χ2v) is 19.4. The Hall–Kier alpha value is -8.18. The van der Waals surface area contributed by atoms with Gasteiger partial charge in [0, 0.05) is 83.4 Å². The quantitative estimate of drug-likeness (QED) is 0.142. The van der Waals surface area contributed by atoms with Crippen LogP contribution in [0.3, 0.4) is 0 Å². The molecule has 13 rings (SSSR count). The van der Waals surface area contributed by atoms with Gasteiger partial charge in [-0.05, 0) is 106 Å². The number of anilines is 4. The first-order valence-corrected chi connectivity index (χ1v) is 24.2. The maximum Gasteiger partial charge on any atom is 0.135 e. The first kappa shape index (κ1) is 45.0. The summed E-state index contributed by atoms with van der Waals surface area (Å²) < 4.78 is 11.2. The molecule has 0 atom stereocenters. The first-order valence-electron chi connectivity index (χ1n) is 24.2. The summed E-state index contributed by atoms with van der Waals surface area (Å²) in [6.45, 7) is 11.1. The molecule has 0 amide bonds. The second-order valence-electron chi connectivity index (χ2n) is 19.4. The van der Waals surface area contributed by atoms with Crippen LogP contribution in [-0.4, -0.2) is 14.1 Å². The van der Waals surface area contributed by atoms with Crippen molar-refractivity contribution in [1.29, 1.82) is 0 Å². The second kappa shape index (κ2) is 17.9. The Morgan fingerprint density at radius 3 is 1.79 bits per heavy atom. The first-order chi connectivity index (χ1) is 34.7. The third kappa shape index (κ3) is 7.75. The molecule has 7 heteroatoms. The van der Waals surface area contributed by atoms with E-state index in [4.69, 9.17) is 9.72 Å². The molecule has 0 saturated carbocycles. The molecule has 12 aromatic rings. The zero-order valence-corrected chi connectivity index (χ0v) is 42.5. The number of fused-ring (bicyclic) bond motifs is 7. The van der Waals surface area contributed by atoms with Crippen molar-refractivity contribution in [3.63, 3.8) is 0 Å². The number of pyridine rings is 1. The van der Waals surface area contributed by atoms with E-state index in [1.54, 1.807) is 0 Å². The summed E-state index contributed by atoms with van der Waals surface area (Å²) in [5.41, 5.74) is 16.5. The van der Waals surface area contributed by atoms with Crippen LogP contribution in [0.4, 0.5) is 22.7 Å². The van der Waals surface area contributed by atoms with Crippen LogP contribution in [0.25, 0.3) is 77.4 Å². The number of aromatic nitrogens is 3. The average Bonchev–Trinajstić information content (AvgIpc) is 4.07. The van der Waals surface area contributed by atoms with Gasteiger partial charge < -0.3 is 23.7 Å². The van der Waals surface area contributed by atoms with Crippen LogP contribution in [0.5, 0.6) is 11.5 Å². The van der Waals surface area contributed by atoms with Crippen LogP contribution >= 0.6 is 0 Å². The van der Waals surface area contributed by atoms with Gasteiger partial charge in [0.15, 0.2) is 0 Å². The minimum Gasteiger partial charge on any atom is -0.509 e. The molecule has 0 radical (unpaired) electrons. The van der Waals surface area contributed by atoms with Crippen LogP contribution in [0.15, 0.2) is 212 Å². The fourth-order valence-corrected chi connectivity index (χ4v) is 10.4. The third-order valence-corrected chi connectivity index (χ3v) is 13.9. The molecule has 0 unspecified atom stereocenters. The molecule has 0 spiro atoms. The Morgan fingerprint density at radius 1 is 0.486 bits per heavy atom. The van der Waals surface area contributed by atoms with Crippen LogP contribution < -0.4 is 14.5 Å². The molecule has 0 fully saturated rings. The Balaban J connectivity index is 0.00000530. The molecule has 1 aliphatic heterocycles. The Labute approximate surface area is 434 Å². The fraction of sp³-hybridized carbons (Fsp3) is 0.0769. The van der Waals surface area contributed by atoms with E-state index in [1.807, 2.05) is 24.4 Å². The van der Waals surface area contributed by atoms with E-state index in [0.717, 1.165) is 72.8 Å². The van der Waals surface area contributed by atoms with E-state index in [-0.39, 0.29) is 26.5 Å². The Morgan fingerprint density at radius 2 is 1.08 bits per heavy atom. The van der Waals surface area contributed by atoms with Gasteiger partial charge in [0.25, 0.3) is 0 Å². The topological polar surface area (TPSA) is 38.5 Å². The summed E-state index contributed by atoms with van der Waals surface area (Å²) in [5.74, 6) is 1.99. The van der Waals surface area contributed by atoms with Crippen LogP contribution in [0.1, 0.15) is 31.9 Å². The van der Waals surface area contributed by atoms with E-state index in [1.165, 1.54) is 38.5 Å². The van der Waals surface area contributed by atoms with Crippen molar-refractivity contribution >= 4 is 66.4 Å². The molecular formula is C65H48N5OPt-3. The summed E-state index contributed by atoms with van der Waals surface area (Å²) in [4.78, 5) is 9.65. The predicted molar refractivity (Wildman–Crippen MR) is 293 cm³/mol. The number of ether oxygens (including phenoxy) is 1. The van der Waals surface area contributed by atoms with E-state index >= 15 is 0 Å². The number of rotatable bonds is 8. The van der Waals surface area contributed by atoms with Crippen LogP contribution in [-0.2, 0) is 26.5 Å². The average molecular weight is 1110 g/mol. The fourth-order valence-electron chi connectivity index (χ4n) is 10.4. The van der Waals surface area contributed by atoms with Crippen LogP contribution in [0, 0.1) is 25.7 Å². The molecule has 352 valence electrons. The molecule has 0 aliphatic carbocycles. The van der Waals surface area contributed by atoms with Crippen molar-refractivity contribution in [3.05, 3.63) is 242 Å². The summed E-state index contributed by atoms with van der Waals surface area (Å²) in [6, 6.07) is 80.2. The summed E-state index contributed by atoms with van der Waals surface area (Å²) >= 11 is 0. The van der Waals surface area contributed by atoms with Crippen molar-refractivity contribution in [2.75, 3.05) is 9.80 Å². The largest absolute Gasteiger partial charge is 0.509 e. The molecule has 0 N–H and O–H groups in total. The zero-order chi connectivity index (χ0) is 47.8. The van der Waals surface area contributed by atoms with Crippen molar-refractivity contribution in [3.8, 4) is 45.3 Å². The summed E-state index contributed by atoms with van der Waals surface area (Å²) in [6.07, 6.45) is 2.01. The van der Waals surface area contributed by atoms with Crippen molar-refractivity contribution in [2.45, 2.75) is 33.1 Å². The molecule has 0 bridgehead atoms. The third-order valence-electron chi connectivity index (χ3n) is 13.9. The van der Waals surface area contributed by atoms with Gasteiger partial charge >= 0.3 is 0 Å². The minimum absolute atomic E-state index is 0. The van der Waals surface area contributed by atoms with E-state index in [9.17, 15) is 0 Å². The monoisotopic (exact) mass is 1110 g/mol. The molecular weight excluding hydrogens is 1060 g/mol. The Kier molecular flexibility index (Phi) is 11.2. The van der Waals surface area contributed by atoms with Gasteiger partial charge in [-0.1, -0.05) is 142 Å². The minimum atomic E-state index is -0.0454. The molecule has 9 aromatic carbocycles. The van der Waals surface area contributed by atoms with Gasteiger partial charge in [0.05, 0.1) is 11.0 Å². The maximum atomic E-state index is 6.69. The van der Waals surface area contributed by atoms with Gasteiger partial charge in [-0.3, -0.25) is 0 Å². The number of hydrogen-bond donors (Lipinski definition) is 0. The van der Waals surface area contributed by atoms with Gasteiger partial charge in [-0.15, -0.1) is 48.1 Å². The van der Waals surface area contributed by atoms with E-state index in [2.05, 4.69) is 253 Å². The zero-order valence-electron chi connectivity index (χ0n) is 40.2. The van der Waals surface area contributed by atoms with Gasteiger partial charge in [0.1, 0.15) is 5.82 Å². The molecule has 3 aromatic heterocycles. The molecule has 1 aliphatic rings. The summed E-state index contributed by atoms with van der Waals surface area (Å²) in [5, 5.41) is 4.68. The van der Waals surface area contributed by atoms with Gasteiger partial charge in [0.2, 0.25) is 0 Å². The van der Waals surface area contributed by atoms with Gasteiger partial charge in [-0.25, -0.2) is 4.98 Å². The number of benzene rings is 9. The Bertz CT molecular complexity index is 3980. The van der Waals surface area contributed by atoms with E-state index in [0.29, 0.717) is 11.5 Å². The number of aryl methyl sites for hydroxylation is 1. The number of para-hydroxylation sites is 5. The number of hydrogen-bond acceptors (Lipinski definition) is 4. The predicted octanol–water partition coefficient (Wildman–Crippen LogP) is 17.0. The van der Waals surface area contributed by atoms with Crippen LogP contribution in [0.2, 0.25) is 0 Å². The standard InChI is InChI=1S/C65H48N5O.Pt/c1-43-34-64(66-41-57(43)45-20-16-22-49(36-45)69-58-27-11-8-24-53(58)54-25-9-12-28-59(54)69)70-60-29-13-10-26-55(60)56-33-32-52(40-63(56)70)71-51-23-17-21-48(39-51)67-42-68(62-31-15-14-30-61(62)67)50-37-46(44-18-6-5-7-19-44)35-47(38-50)65(2,3)4;/h5-38,41-42H,1-4H3;/q-3;. The van der Waals surface area contributed by atoms with E-state index < -0.39 is 0 Å². The molecule has 6 nitrogen and oxygen atoms in total. The van der Waals surface area contributed by atoms with Crippen molar-refractivity contribution in [1.82, 2.24) is 14.1 Å². The summed E-state index contributed by atoms with van der Waals surface area (Å²) in [7, 11) is 0.